The fourth-order valence-electron chi connectivity index (χ4n) is 1.66. The van der Waals surface area contributed by atoms with E-state index in [2.05, 4.69) is 11.9 Å². The summed E-state index contributed by atoms with van der Waals surface area (Å²) in [5.74, 6) is -0.0876. The quantitative estimate of drug-likeness (QED) is 0.691. The van der Waals surface area contributed by atoms with Crippen molar-refractivity contribution >= 4 is 11.8 Å². The molecule has 0 atom stereocenters. The van der Waals surface area contributed by atoms with Gasteiger partial charge in [-0.15, -0.1) is 0 Å². The van der Waals surface area contributed by atoms with Crippen LogP contribution in [0, 0.1) is 5.41 Å². The predicted octanol–water partition coefficient (Wildman–Crippen LogP) is 0.545. The summed E-state index contributed by atoms with van der Waals surface area (Å²) in [7, 11) is 0. The van der Waals surface area contributed by atoms with E-state index in [9.17, 15) is 9.59 Å². The first-order valence-electron chi connectivity index (χ1n) is 5.11. The zero-order valence-corrected chi connectivity index (χ0v) is 9.54. The summed E-state index contributed by atoms with van der Waals surface area (Å²) in [4.78, 5) is 24.6. The van der Waals surface area contributed by atoms with Gasteiger partial charge in [0.1, 0.15) is 0 Å². The number of hydrogen-bond acceptors (Lipinski definition) is 2. The highest BCUT2D eigenvalue weighted by molar-refractivity contribution is 5.91. The molecule has 0 aromatic rings. The molecule has 15 heavy (non-hydrogen) atoms. The molecule has 0 aromatic carbocycles. The lowest BCUT2D eigenvalue weighted by atomic mass is 9.80. The molecule has 0 bridgehead atoms. The van der Waals surface area contributed by atoms with E-state index >= 15 is 0 Å². The Hall–Kier alpha value is -1.32. The molecule has 1 rings (SSSR count). The van der Waals surface area contributed by atoms with Crippen LogP contribution in [0.1, 0.15) is 20.8 Å². The molecule has 1 N–H and O–H groups in total. The number of rotatable bonds is 3. The summed E-state index contributed by atoms with van der Waals surface area (Å²) in [6, 6.07) is 0.137. The van der Waals surface area contributed by atoms with E-state index in [1.807, 2.05) is 20.8 Å². The number of carbonyl (C=O) groups excluding carboxylic acids is 2. The van der Waals surface area contributed by atoms with Gasteiger partial charge in [0.2, 0.25) is 11.8 Å². The van der Waals surface area contributed by atoms with Gasteiger partial charge in [-0.3, -0.25) is 9.59 Å². The monoisotopic (exact) mass is 210 g/mol. The SMILES string of the molecule is C=CC(=O)N1CC(C)(C(=O)NC(C)C)C1. The molecule has 1 aliphatic rings. The molecule has 1 heterocycles. The van der Waals surface area contributed by atoms with Gasteiger partial charge >= 0.3 is 0 Å². The van der Waals surface area contributed by atoms with Crippen LogP contribution >= 0.6 is 0 Å². The highest BCUT2D eigenvalue weighted by atomic mass is 16.2. The van der Waals surface area contributed by atoms with Gasteiger partial charge in [-0.2, -0.15) is 0 Å². The number of nitrogens with zero attached hydrogens (tertiary/aromatic N) is 1. The third-order valence-electron chi connectivity index (χ3n) is 2.53. The molecular formula is C11H18N2O2. The number of likely N-dealkylation sites (tertiary alicyclic amines) is 1. The van der Waals surface area contributed by atoms with Crippen LogP contribution in [0.2, 0.25) is 0 Å². The summed E-state index contributed by atoms with van der Waals surface area (Å²) in [6.07, 6.45) is 1.28. The maximum Gasteiger partial charge on any atom is 0.246 e. The highest BCUT2D eigenvalue weighted by Gasteiger charge is 2.46. The molecular weight excluding hydrogens is 192 g/mol. The molecule has 0 spiro atoms. The molecule has 0 aliphatic carbocycles. The lowest BCUT2D eigenvalue weighted by molar-refractivity contribution is -0.149. The largest absolute Gasteiger partial charge is 0.353 e. The molecule has 1 aliphatic heterocycles. The normalized spacial score (nSPS) is 18.3. The van der Waals surface area contributed by atoms with Crippen molar-refractivity contribution in [1.29, 1.82) is 0 Å². The average molecular weight is 210 g/mol. The van der Waals surface area contributed by atoms with E-state index in [1.165, 1.54) is 6.08 Å². The van der Waals surface area contributed by atoms with E-state index in [0.717, 1.165) is 0 Å². The Morgan fingerprint density at radius 3 is 2.40 bits per heavy atom. The summed E-state index contributed by atoms with van der Waals surface area (Å²) >= 11 is 0. The van der Waals surface area contributed by atoms with Crippen LogP contribution in [0.5, 0.6) is 0 Å². The van der Waals surface area contributed by atoms with Crippen molar-refractivity contribution < 1.29 is 9.59 Å². The van der Waals surface area contributed by atoms with Crippen LogP contribution in [-0.4, -0.2) is 35.8 Å². The van der Waals surface area contributed by atoms with Crippen LogP contribution in [-0.2, 0) is 9.59 Å². The van der Waals surface area contributed by atoms with E-state index in [0.29, 0.717) is 13.1 Å². The summed E-state index contributed by atoms with van der Waals surface area (Å²) in [5, 5.41) is 2.86. The Balaban J connectivity index is 2.49. The van der Waals surface area contributed by atoms with Gasteiger partial charge in [-0.1, -0.05) is 6.58 Å². The minimum atomic E-state index is -0.428. The number of hydrogen-bond donors (Lipinski definition) is 1. The second-order valence-electron chi connectivity index (χ2n) is 4.59. The van der Waals surface area contributed by atoms with E-state index in [-0.39, 0.29) is 17.9 Å². The van der Waals surface area contributed by atoms with Crippen molar-refractivity contribution in [2.75, 3.05) is 13.1 Å². The van der Waals surface area contributed by atoms with Gasteiger partial charge in [0.05, 0.1) is 5.41 Å². The maximum atomic E-state index is 11.7. The average Bonchev–Trinajstić information content (AvgIpc) is 2.10. The molecule has 4 nitrogen and oxygen atoms in total. The predicted molar refractivity (Wildman–Crippen MR) is 58.2 cm³/mol. The van der Waals surface area contributed by atoms with Crippen LogP contribution in [0.25, 0.3) is 0 Å². The van der Waals surface area contributed by atoms with Gasteiger partial charge in [0, 0.05) is 19.1 Å². The van der Waals surface area contributed by atoms with Crippen LogP contribution < -0.4 is 5.32 Å². The lowest BCUT2D eigenvalue weighted by Gasteiger charge is -2.46. The Kier molecular flexibility index (Phi) is 3.17. The standard InChI is InChI=1S/C11H18N2O2/c1-5-9(14)13-6-11(4,7-13)10(15)12-8(2)3/h5,8H,1,6-7H2,2-4H3,(H,12,15). The molecule has 0 saturated carbocycles. The third-order valence-corrected chi connectivity index (χ3v) is 2.53. The first-order chi connectivity index (χ1) is 6.89. The van der Waals surface area contributed by atoms with E-state index in [1.54, 1.807) is 4.90 Å². The zero-order chi connectivity index (χ0) is 11.6. The maximum absolute atomic E-state index is 11.7. The third kappa shape index (κ3) is 2.37. The molecule has 2 amide bonds. The van der Waals surface area contributed by atoms with Crippen molar-refractivity contribution in [3.63, 3.8) is 0 Å². The van der Waals surface area contributed by atoms with E-state index < -0.39 is 5.41 Å². The summed E-state index contributed by atoms with van der Waals surface area (Å²) < 4.78 is 0. The zero-order valence-electron chi connectivity index (χ0n) is 9.54. The Bertz CT molecular complexity index is 291. The topological polar surface area (TPSA) is 49.4 Å². The van der Waals surface area contributed by atoms with Gasteiger partial charge in [0.25, 0.3) is 0 Å². The first kappa shape index (κ1) is 11.8. The molecule has 1 fully saturated rings. The Morgan fingerprint density at radius 1 is 1.47 bits per heavy atom. The van der Waals surface area contributed by atoms with Crippen LogP contribution in [0.3, 0.4) is 0 Å². The van der Waals surface area contributed by atoms with Crippen molar-refractivity contribution in [3.05, 3.63) is 12.7 Å². The first-order valence-corrected chi connectivity index (χ1v) is 5.11. The van der Waals surface area contributed by atoms with Gasteiger partial charge in [-0.25, -0.2) is 0 Å². The van der Waals surface area contributed by atoms with Crippen molar-refractivity contribution in [3.8, 4) is 0 Å². The molecule has 84 valence electrons. The lowest BCUT2D eigenvalue weighted by Crippen LogP contribution is -2.63. The number of nitrogens with one attached hydrogen (secondary N) is 1. The fourth-order valence-corrected chi connectivity index (χ4v) is 1.66. The van der Waals surface area contributed by atoms with Gasteiger partial charge in [0.15, 0.2) is 0 Å². The minimum Gasteiger partial charge on any atom is -0.353 e. The molecule has 0 radical (unpaired) electrons. The summed E-state index contributed by atoms with van der Waals surface area (Å²) in [6.45, 7) is 10.1. The smallest absolute Gasteiger partial charge is 0.246 e. The molecule has 0 aromatic heterocycles. The van der Waals surface area contributed by atoms with Crippen LogP contribution in [0.15, 0.2) is 12.7 Å². The second kappa shape index (κ2) is 4.04. The molecule has 4 heteroatoms. The highest BCUT2D eigenvalue weighted by Crippen LogP contribution is 2.30. The van der Waals surface area contributed by atoms with Crippen molar-refractivity contribution in [2.45, 2.75) is 26.8 Å². The van der Waals surface area contributed by atoms with E-state index in [4.69, 9.17) is 0 Å². The Morgan fingerprint density at radius 2 is 2.00 bits per heavy atom. The molecule has 1 saturated heterocycles. The summed E-state index contributed by atoms with van der Waals surface area (Å²) in [5.41, 5.74) is -0.428. The van der Waals surface area contributed by atoms with Gasteiger partial charge in [-0.05, 0) is 26.8 Å². The number of carbonyl (C=O) groups is 2. The van der Waals surface area contributed by atoms with Crippen molar-refractivity contribution in [1.82, 2.24) is 10.2 Å². The number of amides is 2. The second-order valence-corrected chi connectivity index (χ2v) is 4.59. The Labute approximate surface area is 90.3 Å². The molecule has 0 unspecified atom stereocenters. The van der Waals surface area contributed by atoms with Crippen LogP contribution in [0.4, 0.5) is 0 Å². The minimum absolute atomic E-state index is 0.0191. The fraction of sp³-hybridized carbons (Fsp3) is 0.636. The van der Waals surface area contributed by atoms with Gasteiger partial charge < -0.3 is 10.2 Å². The van der Waals surface area contributed by atoms with Crippen molar-refractivity contribution in [2.24, 2.45) is 5.41 Å².